The van der Waals surface area contributed by atoms with Crippen molar-refractivity contribution in [1.82, 2.24) is 19.8 Å². The van der Waals surface area contributed by atoms with Crippen molar-refractivity contribution in [3.05, 3.63) is 18.5 Å². The Morgan fingerprint density at radius 1 is 1.05 bits per heavy atom. The van der Waals surface area contributed by atoms with E-state index in [2.05, 4.69) is 24.7 Å². The van der Waals surface area contributed by atoms with Crippen LogP contribution >= 0.6 is 0 Å². The number of amides is 1. The van der Waals surface area contributed by atoms with E-state index in [0.717, 1.165) is 58.1 Å². The second-order valence-corrected chi connectivity index (χ2v) is 6.60. The van der Waals surface area contributed by atoms with E-state index in [1.165, 1.54) is 6.42 Å². The van der Waals surface area contributed by atoms with Crippen LogP contribution in [0.15, 0.2) is 18.5 Å². The summed E-state index contributed by atoms with van der Waals surface area (Å²) < 4.78 is 0. The van der Waals surface area contributed by atoms with E-state index in [0.29, 0.717) is 17.9 Å². The summed E-state index contributed by atoms with van der Waals surface area (Å²) in [7, 11) is 0. The summed E-state index contributed by atoms with van der Waals surface area (Å²) >= 11 is 0. The monoisotopic (exact) mass is 301 g/mol. The second-order valence-electron chi connectivity index (χ2n) is 6.60. The zero-order chi connectivity index (χ0) is 14.9. The highest BCUT2D eigenvalue weighted by atomic mass is 16.2. The molecule has 0 radical (unpaired) electrons. The van der Waals surface area contributed by atoms with Crippen molar-refractivity contribution in [3.63, 3.8) is 0 Å². The number of carbonyl (C=O) groups is 1. The first-order valence-corrected chi connectivity index (χ1v) is 8.36. The van der Waals surface area contributed by atoms with Gasteiger partial charge in [0.05, 0.1) is 0 Å². The highest BCUT2D eigenvalue weighted by molar-refractivity contribution is 5.80. The molecule has 2 saturated heterocycles. The fourth-order valence-electron chi connectivity index (χ4n) is 3.52. The molecule has 3 heterocycles. The van der Waals surface area contributed by atoms with Crippen molar-refractivity contribution in [3.8, 4) is 0 Å². The van der Waals surface area contributed by atoms with E-state index >= 15 is 0 Å². The summed E-state index contributed by atoms with van der Waals surface area (Å²) in [5.41, 5.74) is 0. The molecule has 0 aromatic carbocycles. The molecule has 1 aromatic rings. The predicted octanol–water partition coefficient (Wildman–Crippen LogP) is 0.609. The minimum Gasteiger partial charge on any atom is -0.339 e. The average Bonchev–Trinajstić information content (AvgIpc) is 2.45. The third kappa shape index (κ3) is 2.56. The van der Waals surface area contributed by atoms with Crippen LogP contribution in [0.5, 0.6) is 0 Å². The van der Waals surface area contributed by atoms with Crippen LogP contribution in [-0.4, -0.2) is 71.0 Å². The normalized spacial score (nSPS) is 24.0. The van der Waals surface area contributed by atoms with Gasteiger partial charge in [-0.15, -0.1) is 0 Å². The minimum atomic E-state index is 0.341. The molecule has 1 saturated carbocycles. The minimum absolute atomic E-state index is 0.341. The molecule has 0 spiro atoms. The first-order chi connectivity index (χ1) is 10.8. The fourth-order valence-corrected chi connectivity index (χ4v) is 3.52. The molecule has 4 rings (SSSR count). The summed E-state index contributed by atoms with van der Waals surface area (Å²) in [6.45, 7) is 5.87. The Morgan fingerprint density at radius 3 is 2.32 bits per heavy atom. The third-order valence-electron chi connectivity index (χ3n) is 5.29. The standard InChI is InChI=1S/C16H23N5O/c22-15(13-3-1-4-13)21-11-14(12-21)19-7-9-20(10-8-19)16-17-5-2-6-18-16/h2,5-6,13-14H,1,3-4,7-12H2. The number of rotatable bonds is 3. The number of hydrogen-bond donors (Lipinski definition) is 0. The maximum Gasteiger partial charge on any atom is 0.225 e. The number of nitrogens with zero attached hydrogens (tertiary/aromatic N) is 5. The van der Waals surface area contributed by atoms with E-state index < -0.39 is 0 Å². The number of anilines is 1. The molecule has 22 heavy (non-hydrogen) atoms. The predicted molar refractivity (Wildman–Crippen MR) is 83.5 cm³/mol. The lowest BCUT2D eigenvalue weighted by Crippen LogP contribution is -2.65. The largest absolute Gasteiger partial charge is 0.339 e. The Kier molecular flexibility index (Phi) is 3.70. The third-order valence-corrected chi connectivity index (χ3v) is 5.29. The number of aromatic nitrogens is 2. The molecule has 3 aliphatic rings. The molecule has 2 aliphatic heterocycles. The summed E-state index contributed by atoms with van der Waals surface area (Å²) in [4.78, 5) is 27.6. The van der Waals surface area contributed by atoms with Gasteiger partial charge in [0, 0.05) is 63.6 Å². The Labute approximate surface area is 131 Å². The molecule has 1 aromatic heterocycles. The van der Waals surface area contributed by atoms with E-state index in [1.807, 2.05) is 6.07 Å². The van der Waals surface area contributed by atoms with Gasteiger partial charge in [0.15, 0.2) is 0 Å². The van der Waals surface area contributed by atoms with Gasteiger partial charge in [0.2, 0.25) is 11.9 Å². The fraction of sp³-hybridized carbons (Fsp3) is 0.688. The summed E-state index contributed by atoms with van der Waals surface area (Å²) in [6.07, 6.45) is 7.04. The molecule has 0 bridgehead atoms. The number of carbonyl (C=O) groups excluding carboxylic acids is 1. The lowest BCUT2D eigenvalue weighted by molar-refractivity contribution is -0.145. The summed E-state index contributed by atoms with van der Waals surface area (Å²) in [6, 6.07) is 2.41. The van der Waals surface area contributed by atoms with Crippen molar-refractivity contribution >= 4 is 11.9 Å². The lowest BCUT2D eigenvalue weighted by atomic mass is 9.83. The van der Waals surface area contributed by atoms with Crippen LogP contribution in [0.3, 0.4) is 0 Å². The van der Waals surface area contributed by atoms with E-state index in [-0.39, 0.29) is 0 Å². The van der Waals surface area contributed by atoms with Crippen LogP contribution in [0.25, 0.3) is 0 Å². The SMILES string of the molecule is O=C(C1CCC1)N1CC(N2CCN(c3ncccn3)CC2)C1. The van der Waals surface area contributed by atoms with Gasteiger partial charge in [-0.1, -0.05) is 6.42 Å². The van der Waals surface area contributed by atoms with Crippen molar-refractivity contribution in [2.75, 3.05) is 44.2 Å². The van der Waals surface area contributed by atoms with Gasteiger partial charge in [-0.25, -0.2) is 9.97 Å². The molecular weight excluding hydrogens is 278 g/mol. The smallest absolute Gasteiger partial charge is 0.225 e. The van der Waals surface area contributed by atoms with Crippen molar-refractivity contribution in [1.29, 1.82) is 0 Å². The van der Waals surface area contributed by atoms with Gasteiger partial charge in [0.1, 0.15) is 0 Å². The second kappa shape index (κ2) is 5.83. The topological polar surface area (TPSA) is 52.6 Å². The van der Waals surface area contributed by atoms with Crippen molar-refractivity contribution < 1.29 is 4.79 Å². The number of piperazine rings is 1. The molecular formula is C16H23N5O. The number of hydrogen-bond acceptors (Lipinski definition) is 5. The Hall–Kier alpha value is -1.69. The molecule has 1 aliphatic carbocycles. The van der Waals surface area contributed by atoms with Crippen molar-refractivity contribution in [2.45, 2.75) is 25.3 Å². The molecule has 6 heteroatoms. The van der Waals surface area contributed by atoms with Crippen molar-refractivity contribution in [2.24, 2.45) is 5.92 Å². The molecule has 6 nitrogen and oxygen atoms in total. The zero-order valence-corrected chi connectivity index (χ0v) is 12.9. The zero-order valence-electron chi connectivity index (χ0n) is 12.9. The van der Waals surface area contributed by atoms with E-state index in [4.69, 9.17) is 0 Å². The average molecular weight is 301 g/mol. The highest BCUT2D eigenvalue weighted by Crippen LogP contribution is 2.30. The van der Waals surface area contributed by atoms with E-state index in [9.17, 15) is 4.79 Å². The summed E-state index contributed by atoms with van der Waals surface area (Å²) in [5.74, 6) is 1.57. The molecule has 118 valence electrons. The van der Waals surface area contributed by atoms with Crippen LogP contribution in [0.4, 0.5) is 5.95 Å². The molecule has 0 atom stereocenters. The number of likely N-dealkylation sites (tertiary alicyclic amines) is 1. The van der Waals surface area contributed by atoms with Crippen LogP contribution in [0.1, 0.15) is 19.3 Å². The van der Waals surface area contributed by atoms with Gasteiger partial charge in [-0.05, 0) is 18.9 Å². The van der Waals surface area contributed by atoms with Crippen LogP contribution in [0.2, 0.25) is 0 Å². The van der Waals surface area contributed by atoms with Gasteiger partial charge in [0.25, 0.3) is 0 Å². The lowest BCUT2D eigenvalue weighted by Gasteiger charge is -2.49. The van der Waals surface area contributed by atoms with Crippen LogP contribution < -0.4 is 4.90 Å². The van der Waals surface area contributed by atoms with Gasteiger partial charge in [-0.2, -0.15) is 0 Å². The highest BCUT2D eigenvalue weighted by Gasteiger charge is 2.39. The molecule has 3 fully saturated rings. The Bertz CT molecular complexity index is 519. The first kappa shape index (κ1) is 13.9. The van der Waals surface area contributed by atoms with Gasteiger partial charge in [-0.3, -0.25) is 9.69 Å². The van der Waals surface area contributed by atoms with Gasteiger partial charge >= 0.3 is 0 Å². The molecule has 0 N–H and O–H groups in total. The van der Waals surface area contributed by atoms with E-state index in [1.54, 1.807) is 12.4 Å². The Morgan fingerprint density at radius 2 is 1.73 bits per heavy atom. The quantitative estimate of drug-likeness (QED) is 0.819. The van der Waals surface area contributed by atoms with Crippen LogP contribution in [-0.2, 0) is 4.79 Å². The maximum absolute atomic E-state index is 12.2. The maximum atomic E-state index is 12.2. The summed E-state index contributed by atoms with van der Waals surface area (Å²) in [5, 5.41) is 0. The van der Waals surface area contributed by atoms with Crippen LogP contribution in [0, 0.1) is 5.92 Å². The molecule has 0 unspecified atom stereocenters. The molecule has 1 amide bonds. The Balaban J connectivity index is 1.24. The first-order valence-electron chi connectivity index (χ1n) is 8.36. The van der Waals surface area contributed by atoms with Gasteiger partial charge < -0.3 is 9.80 Å².